The highest BCUT2D eigenvalue weighted by molar-refractivity contribution is 6.35. The van der Waals surface area contributed by atoms with Crippen molar-refractivity contribution in [2.24, 2.45) is 0 Å². The van der Waals surface area contributed by atoms with Gasteiger partial charge in [-0.15, -0.1) is 0 Å². The molecule has 5 heteroatoms. The first-order valence-electron chi connectivity index (χ1n) is 7.46. The Bertz CT molecular complexity index is 660. The highest BCUT2D eigenvalue weighted by atomic mass is 35.5. The van der Waals surface area contributed by atoms with E-state index in [1.807, 2.05) is 16.8 Å². The van der Waals surface area contributed by atoms with Crippen LogP contribution in [0.15, 0.2) is 18.2 Å². The molecule has 0 bridgehead atoms. The molecule has 1 aliphatic rings. The van der Waals surface area contributed by atoms with Crippen LogP contribution in [-0.4, -0.2) is 16.3 Å². The van der Waals surface area contributed by atoms with Gasteiger partial charge in [-0.3, -0.25) is 0 Å². The van der Waals surface area contributed by atoms with E-state index in [1.54, 1.807) is 6.07 Å². The Kier molecular flexibility index (Phi) is 4.14. The number of hydrogen-bond donors (Lipinski definition) is 1. The summed E-state index contributed by atoms with van der Waals surface area (Å²) in [6.07, 6.45) is 3.25. The lowest BCUT2D eigenvalue weighted by molar-refractivity contribution is 0.607. The zero-order valence-electron chi connectivity index (χ0n) is 12.3. The standard InChI is InChI=1S/C16H19Cl2N3/c1-3-10(4-2)15-12-7-8-19-16(12)21(20-15)14-6-5-11(17)9-13(14)18/h5-6,9-10,19H,3-4,7-8H2,1-2H3. The second kappa shape index (κ2) is 5.90. The second-order valence-electron chi connectivity index (χ2n) is 5.41. The summed E-state index contributed by atoms with van der Waals surface area (Å²) in [5.41, 5.74) is 3.43. The van der Waals surface area contributed by atoms with Crippen molar-refractivity contribution >= 4 is 29.0 Å². The van der Waals surface area contributed by atoms with Gasteiger partial charge in [0.2, 0.25) is 0 Å². The van der Waals surface area contributed by atoms with Crippen LogP contribution in [0.4, 0.5) is 5.82 Å². The lowest BCUT2D eigenvalue weighted by Gasteiger charge is -2.11. The third-order valence-corrected chi connectivity index (χ3v) is 4.73. The van der Waals surface area contributed by atoms with E-state index in [4.69, 9.17) is 28.3 Å². The van der Waals surface area contributed by atoms with Gasteiger partial charge in [0.25, 0.3) is 0 Å². The molecular weight excluding hydrogens is 305 g/mol. The molecule has 0 saturated heterocycles. The molecule has 1 aromatic heterocycles. The monoisotopic (exact) mass is 323 g/mol. The maximum absolute atomic E-state index is 6.35. The van der Waals surface area contributed by atoms with E-state index < -0.39 is 0 Å². The highest BCUT2D eigenvalue weighted by Gasteiger charge is 2.26. The molecule has 0 radical (unpaired) electrons. The first kappa shape index (κ1) is 14.7. The van der Waals surface area contributed by atoms with Gasteiger partial charge in [-0.2, -0.15) is 5.10 Å². The van der Waals surface area contributed by atoms with Crippen LogP contribution >= 0.6 is 23.2 Å². The molecule has 0 aliphatic carbocycles. The first-order valence-corrected chi connectivity index (χ1v) is 8.22. The average Bonchev–Trinajstić information content (AvgIpc) is 3.04. The third-order valence-electron chi connectivity index (χ3n) is 4.19. The molecule has 2 heterocycles. The van der Waals surface area contributed by atoms with Gasteiger partial charge < -0.3 is 5.32 Å². The minimum atomic E-state index is 0.506. The summed E-state index contributed by atoms with van der Waals surface area (Å²) in [5.74, 6) is 1.59. The highest BCUT2D eigenvalue weighted by Crippen LogP contribution is 2.36. The number of halogens is 2. The number of anilines is 1. The van der Waals surface area contributed by atoms with Crippen molar-refractivity contribution in [3.63, 3.8) is 0 Å². The molecule has 1 aliphatic heterocycles. The molecule has 0 saturated carbocycles. The number of rotatable bonds is 4. The Morgan fingerprint density at radius 2 is 2.05 bits per heavy atom. The molecule has 0 amide bonds. The Hall–Kier alpha value is -1.19. The molecule has 1 aromatic carbocycles. The fraction of sp³-hybridized carbons (Fsp3) is 0.438. The van der Waals surface area contributed by atoms with Crippen molar-refractivity contribution in [3.8, 4) is 5.69 Å². The fourth-order valence-electron chi connectivity index (χ4n) is 3.03. The Morgan fingerprint density at radius 1 is 1.29 bits per heavy atom. The Labute approximate surface area is 135 Å². The van der Waals surface area contributed by atoms with Gasteiger partial charge in [0, 0.05) is 23.0 Å². The van der Waals surface area contributed by atoms with Crippen molar-refractivity contribution in [1.29, 1.82) is 0 Å². The van der Waals surface area contributed by atoms with E-state index in [1.165, 1.54) is 11.3 Å². The fourth-order valence-corrected chi connectivity index (χ4v) is 3.52. The van der Waals surface area contributed by atoms with Crippen molar-refractivity contribution in [3.05, 3.63) is 39.5 Å². The van der Waals surface area contributed by atoms with E-state index in [0.717, 1.165) is 37.3 Å². The predicted molar refractivity (Wildman–Crippen MR) is 89.1 cm³/mol. The molecule has 0 unspecified atom stereocenters. The number of nitrogens with zero attached hydrogens (tertiary/aromatic N) is 2. The molecule has 21 heavy (non-hydrogen) atoms. The Balaban J connectivity index is 2.13. The van der Waals surface area contributed by atoms with Gasteiger partial charge in [-0.25, -0.2) is 4.68 Å². The van der Waals surface area contributed by atoms with Crippen molar-refractivity contribution in [2.45, 2.75) is 39.0 Å². The maximum Gasteiger partial charge on any atom is 0.133 e. The summed E-state index contributed by atoms with van der Waals surface area (Å²) < 4.78 is 1.94. The van der Waals surface area contributed by atoms with Gasteiger partial charge in [0.05, 0.1) is 16.4 Å². The molecule has 0 fully saturated rings. The van der Waals surface area contributed by atoms with Crippen molar-refractivity contribution in [1.82, 2.24) is 9.78 Å². The number of aromatic nitrogens is 2. The van der Waals surface area contributed by atoms with Crippen molar-refractivity contribution in [2.75, 3.05) is 11.9 Å². The predicted octanol–water partition coefficient (Wildman–Crippen LogP) is 5.05. The largest absolute Gasteiger partial charge is 0.369 e. The topological polar surface area (TPSA) is 29.9 Å². The lowest BCUT2D eigenvalue weighted by atomic mass is 9.96. The first-order chi connectivity index (χ1) is 10.2. The van der Waals surface area contributed by atoms with Gasteiger partial charge in [-0.1, -0.05) is 37.0 Å². The molecule has 3 nitrogen and oxygen atoms in total. The minimum absolute atomic E-state index is 0.506. The summed E-state index contributed by atoms with van der Waals surface area (Å²) in [4.78, 5) is 0. The normalized spacial score (nSPS) is 13.6. The van der Waals surface area contributed by atoms with Crippen LogP contribution < -0.4 is 5.32 Å². The number of benzene rings is 1. The molecule has 0 atom stereocenters. The Morgan fingerprint density at radius 3 is 2.71 bits per heavy atom. The van der Waals surface area contributed by atoms with Crippen LogP contribution in [-0.2, 0) is 6.42 Å². The summed E-state index contributed by atoms with van der Waals surface area (Å²) in [6, 6.07) is 5.54. The summed E-state index contributed by atoms with van der Waals surface area (Å²) in [6.45, 7) is 5.40. The molecule has 0 spiro atoms. The summed E-state index contributed by atoms with van der Waals surface area (Å²) >= 11 is 12.3. The number of hydrogen-bond acceptors (Lipinski definition) is 2. The van der Waals surface area contributed by atoms with Crippen LogP contribution in [0.5, 0.6) is 0 Å². The van der Waals surface area contributed by atoms with Crippen LogP contribution in [0.25, 0.3) is 5.69 Å². The zero-order valence-corrected chi connectivity index (χ0v) is 13.8. The zero-order chi connectivity index (χ0) is 15.0. The van der Waals surface area contributed by atoms with Gasteiger partial charge in [-0.05, 0) is 37.5 Å². The molecule has 112 valence electrons. The maximum atomic E-state index is 6.35. The number of fused-ring (bicyclic) bond motifs is 1. The van der Waals surface area contributed by atoms with Crippen molar-refractivity contribution < 1.29 is 0 Å². The summed E-state index contributed by atoms with van der Waals surface area (Å²) in [5, 5.41) is 9.56. The molecular formula is C16H19Cl2N3. The van der Waals surface area contributed by atoms with E-state index in [-0.39, 0.29) is 0 Å². The quantitative estimate of drug-likeness (QED) is 0.853. The second-order valence-corrected chi connectivity index (χ2v) is 6.25. The smallest absolute Gasteiger partial charge is 0.133 e. The van der Waals surface area contributed by atoms with Crippen LogP contribution in [0.1, 0.15) is 43.9 Å². The van der Waals surface area contributed by atoms with E-state index >= 15 is 0 Å². The van der Waals surface area contributed by atoms with E-state index in [0.29, 0.717) is 16.0 Å². The molecule has 1 N–H and O–H groups in total. The molecule has 2 aromatic rings. The van der Waals surface area contributed by atoms with Gasteiger partial charge in [0.1, 0.15) is 5.82 Å². The summed E-state index contributed by atoms with van der Waals surface area (Å²) in [7, 11) is 0. The minimum Gasteiger partial charge on any atom is -0.369 e. The average molecular weight is 324 g/mol. The molecule has 3 rings (SSSR count). The van der Waals surface area contributed by atoms with Crippen LogP contribution in [0, 0.1) is 0 Å². The SMILES string of the molecule is CCC(CC)c1nn(-c2ccc(Cl)cc2Cl)c2c1CCN2. The third kappa shape index (κ3) is 2.53. The van der Waals surface area contributed by atoms with Gasteiger partial charge in [0.15, 0.2) is 0 Å². The lowest BCUT2D eigenvalue weighted by Crippen LogP contribution is -2.07. The van der Waals surface area contributed by atoms with E-state index in [2.05, 4.69) is 19.2 Å². The van der Waals surface area contributed by atoms with Crippen LogP contribution in [0.2, 0.25) is 10.0 Å². The van der Waals surface area contributed by atoms with Gasteiger partial charge >= 0.3 is 0 Å². The number of nitrogens with one attached hydrogen (secondary N) is 1. The van der Waals surface area contributed by atoms with Crippen LogP contribution in [0.3, 0.4) is 0 Å². The van der Waals surface area contributed by atoms with E-state index in [9.17, 15) is 0 Å².